The Bertz CT molecular complexity index is 422. The van der Waals surface area contributed by atoms with Gasteiger partial charge >= 0.3 is 0 Å². The summed E-state index contributed by atoms with van der Waals surface area (Å²) in [5, 5.41) is 3.26. The van der Waals surface area contributed by atoms with Crippen LogP contribution in [-0.2, 0) is 13.0 Å². The van der Waals surface area contributed by atoms with Crippen LogP contribution in [0, 0.1) is 0 Å². The van der Waals surface area contributed by atoms with Crippen molar-refractivity contribution < 1.29 is 0 Å². The largest absolute Gasteiger partial charge is 0.345 e. The second-order valence-corrected chi connectivity index (χ2v) is 3.67. The van der Waals surface area contributed by atoms with Crippen molar-refractivity contribution in [1.82, 2.24) is 20.3 Å². The monoisotopic (exact) mass is 216 g/mol. The predicted molar refractivity (Wildman–Crippen MR) is 63.0 cm³/mol. The number of aromatic amines is 1. The molecule has 0 saturated heterocycles. The molecule has 4 heteroatoms. The van der Waals surface area contributed by atoms with Crippen molar-refractivity contribution in [3.05, 3.63) is 47.8 Å². The predicted octanol–water partition coefficient (Wildman–Crippen LogP) is 1.50. The van der Waals surface area contributed by atoms with E-state index >= 15 is 0 Å². The van der Waals surface area contributed by atoms with Crippen LogP contribution in [0.5, 0.6) is 0 Å². The van der Waals surface area contributed by atoms with Crippen LogP contribution < -0.4 is 5.32 Å². The molecule has 0 radical (unpaired) electrons. The van der Waals surface area contributed by atoms with Crippen molar-refractivity contribution in [2.24, 2.45) is 0 Å². The van der Waals surface area contributed by atoms with Gasteiger partial charge in [0.15, 0.2) is 0 Å². The van der Waals surface area contributed by atoms with Gasteiger partial charge in [0.1, 0.15) is 5.82 Å². The van der Waals surface area contributed by atoms with Gasteiger partial charge in [0.05, 0.1) is 0 Å². The molecule has 16 heavy (non-hydrogen) atoms. The van der Waals surface area contributed by atoms with Gasteiger partial charge in [-0.15, -0.1) is 0 Å². The van der Waals surface area contributed by atoms with Gasteiger partial charge < -0.3 is 10.3 Å². The van der Waals surface area contributed by atoms with Gasteiger partial charge in [-0.3, -0.25) is 4.98 Å². The standard InChI is InChI=1S/C12H16N4/c1-2-13-8-11-9-15-12(16-11)6-10-4-3-5-14-7-10/h3-5,7,9,13H,2,6,8H2,1H3,(H,15,16). The summed E-state index contributed by atoms with van der Waals surface area (Å²) in [7, 11) is 0. The molecule has 0 atom stereocenters. The lowest BCUT2D eigenvalue weighted by molar-refractivity contribution is 0.712. The van der Waals surface area contributed by atoms with E-state index in [0.29, 0.717) is 0 Å². The lowest BCUT2D eigenvalue weighted by atomic mass is 10.2. The number of pyridine rings is 1. The van der Waals surface area contributed by atoms with Gasteiger partial charge in [0, 0.05) is 37.3 Å². The van der Waals surface area contributed by atoms with Crippen LogP contribution in [0.4, 0.5) is 0 Å². The van der Waals surface area contributed by atoms with Gasteiger partial charge in [0.2, 0.25) is 0 Å². The van der Waals surface area contributed by atoms with Crippen molar-refractivity contribution in [3.63, 3.8) is 0 Å². The number of H-pyrrole nitrogens is 1. The van der Waals surface area contributed by atoms with Crippen LogP contribution in [0.1, 0.15) is 24.0 Å². The minimum absolute atomic E-state index is 0.806. The second kappa shape index (κ2) is 5.42. The summed E-state index contributed by atoms with van der Waals surface area (Å²) >= 11 is 0. The van der Waals surface area contributed by atoms with Gasteiger partial charge in [0.25, 0.3) is 0 Å². The van der Waals surface area contributed by atoms with Crippen LogP contribution in [0.25, 0.3) is 0 Å². The van der Waals surface area contributed by atoms with E-state index in [2.05, 4.69) is 33.3 Å². The van der Waals surface area contributed by atoms with Gasteiger partial charge in [-0.05, 0) is 18.2 Å². The molecular weight excluding hydrogens is 200 g/mol. The summed E-state index contributed by atoms with van der Waals surface area (Å²) in [6.07, 6.45) is 6.34. The first-order chi connectivity index (χ1) is 7.88. The summed E-state index contributed by atoms with van der Waals surface area (Å²) in [6, 6.07) is 4.00. The highest BCUT2D eigenvalue weighted by Gasteiger charge is 2.01. The van der Waals surface area contributed by atoms with Crippen molar-refractivity contribution in [2.45, 2.75) is 19.9 Å². The Morgan fingerprint density at radius 2 is 2.31 bits per heavy atom. The smallest absolute Gasteiger partial charge is 0.110 e. The van der Waals surface area contributed by atoms with E-state index in [-0.39, 0.29) is 0 Å². The average Bonchev–Trinajstić information content (AvgIpc) is 2.75. The van der Waals surface area contributed by atoms with E-state index in [4.69, 9.17) is 0 Å². The molecule has 2 N–H and O–H groups in total. The normalized spacial score (nSPS) is 10.6. The van der Waals surface area contributed by atoms with E-state index in [1.54, 1.807) is 6.20 Å². The van der Waals surface area contributed by atoms with Crippen molar-refractivity contribution >= 4 is 0 Å². The molecule has 0 spiro atoms. The second-order valence-electron chi connectivity index (χ2n) is 3.67. The first kappa shape index (κ1) is 10.8. The van der Waals surface area contributed by atoms with Gasteiger partial charge in [-0.2, -0.15) is 0 Å². The quantitative estimate of drug-likeness (QED) is 0.796. The topological polar surface area (TPSA) is 53.6 Å². The van der Waals surface area contributed by atoms with Crippen LogP contribution in [0.15, 0.2) is 30.7 Å². The maximum Gasteiger partial charge on any atom is 0.110 e. The Morgan fingerprint density at radius 1 is 1.38 bits per heavy atom. The highest BCUT2D eigenvalue weighted by atomic mass is 15.0. The molecule has 0 aliphatic rings. The number of imidazole rings is 1. The van der Waals surface area contributed by atoms with E-state index in [1.165, 1.54) is 5.56 Å². The summed E-state index contributed by atoms with van der Waals surface area (Å²) in [5.41, 5.74) is 2.30. The van der Waals surface area contributed by atoms with Crippen molar-refractivity contribution in [3.8, 4) is 0 Å². The molecule has 0 saturated carbocycles. The Labute approximate surface area is 95.1 Å². The molecule has 0 fully saturated rings. The number of nitrogens with one attached hydrogen (secondary N) is 2. The summed E-state index contributed by atoms with van der Waals surface area (Å²) in [4.78, 5) is 11.7. The highest BCUT2D eigenvalue weighted by Crippen LogP contribution is 2.05. The van der Waals surface area contributed by atoms with Crippen molar-refractivity contribution in [1.29, 1.82) is 0 Å². The third kappa shape index (κ3) is 2.90. The van der Waals surface area contributed by atoms with Crippen LogP contribution in [0.2, 0.25) is 0 Å². The maximum absolute atomic E-state index is 4.34. The van der Waals surface area contributed by atoms with E-state index in [0.717, 1.165) is 31.0 Å². The Hall–Kier alpha value is -1.68. The summed E-state index contributed by atoms with van der Waals surface area (Å²) < 4.78 is 0. The zero-order chi connectivity index (χ0) is 11.2. The lowest BCUT2D eigenvalue weighted by Crippen LogP contribution is -2.11. The zero-order valence-electron chi connectivity index (χ0n) is 9.40. The fourth-order valence-electron chi connectivity index (χ4n) is 1.54. The number of hydrogen-bond donors (Lipinski definition) is 2. The third-order valence-electron chi connectivity index (χ3n) is 2.34. The van der Waals surface area contributed by atoms with E-state index in [1.807, 2.05) is 18.5 Å². The number of aromatic nitrogens is 3. The maximum atomic E-state index is 4.34. The zero-order valence-corrected chi connectivity index (χ0v) is 9.40. The molecule has 2 heterocycles. The molecule has 2 aromatic rings. The number of nitrogens with zero attached hydrogens (tertiary/aromatic N) is 2. The molecule has 0 amide bonds. The average molecular weight is 216 g/mol. The first-order valence-electron chi connectivity index (χ1n) is 5.51. The molecule has 4 nitrogen and oxygen atoms in total. The fraction of sp³-hybridized carbons (Fsp3) is 0.333. The summed E-state index contributed by atoms with van der Waals surface area (Å²) in [5.74, 6) is 0.987. The van der Waals surface area contributed by atoms with Crippen LogP contribution in [-0.4, -0.2) is 21.5 Å². The molecule has 2 rings (SSSR count). The lowest BCUT2D eigenvalue weighted by Gasteiger charge is -1.98. The van der Waals surface area contributed by atoms with Gasteiger partial charge in [-0.1, -0.05) is 13.0 Å². The molecule has 0 unspecified atom stereocenters. The molecule has 2 aromatic heterocycles. The Balaban J connectivity index is 1.97. The third-order valence-corrected chi connectivity index (χ3v) is 2.34. The molecule has 0 aromatic carbocycles. The molecule has 0 aliphatic carbocycles. The summed E-state index contributed by atoms with van der Waals surface area (Å²) in [6.45, 7) is 3.90. The number of hydrogen-bond acceptors (Lipinski definition) is 3. The first-order valence-corrected chi connectivity index (χ1v) is 5.51. The van der Waals surface area contributed by atoms with Gasteiger partial charge in [-0.25, -0.2) is 4.98 Å². The van der Waals surface area contributed by atoms with E-state index in [9.17, 15) is 0 Å². The minimum Gasteiger partial charge on any atom is -0.345 e. The fourth-order valence-corrected chi connectivity index (χ4v) is 1.54. The van der Waals surface area contributed by atoms with Crippen molar-refractivity contribution in [2.75, 3.05) is 6.54 Å². The molecule has 84 valence electrons. The molecular formula is C12H16N4. The molecule has 0 aliphatic heterocycles. The highest BCUT2D eigenvalue weighted by molar-refractivity contribution is 5.15. The van der Waals surface area contributed by atoms with Crippen LogP contribution >= 0.6 is 0 Å². The SMILES string of the molecule is CCNCc1cnc(Cc2cccnc2)[nH]1. The van der Waals surface area contributed by atoms with Crippen LogP contribution in [0.3, 0.4) is 0 Å². The number of rotatable bonds is 5. The Kier molecular flexibility index (Phi) is 3.66. The van der Waals surface area contributed by atoms with E-state index < -0.39 is 0 Å². The minimum atomic E-state index is 0.806. The molecule has 0 bridgehead atoms. The Morgan fingerprint density at radius 3 is 3.06 bits per heavy atom.